The van der Waals surface area contributed by atoms with Crippen LogP contribution in [-0.4, -0.2) is 11.6 Å². The molecule has 25 heavy (non-hydrogen) atoms. The third kappa shape index (κ3) is 2.98. The summed E-state index contributed by atoms with van der Waals surface area (Å²) in [4.78, 5) is 12.3. The lowest BCUT2D eigenvalue weighted by Crippen LogP contribution is -2.19. The summed E-state index contributed by atoms with van der Waals surface area (Å²) in [6, 6.07) is 18.0. The number of benzene rings is 3. The first-order valence-electron chi connectivity index (χ1n) is 8.27. The largest absolute Gasteiger partial charge is 0.271 e. The van der Waals surface area contributed by atoms with E-state index in [1.54, 1.807) is 12.1 Å². The standard InChI is InChI=1S/C21H17BrN2O/c1-13(23-24-21(25)16-5-2-6-17(22)12-16)18-11-10-15-9-8-14-4-3-7-19(18)20(14)15/h2-7,10-12H,8-9H2,1H3,(H,24,25)/b23-13-. The van der Waals surface area contributed by atoms with Crippen molar-refractivity contribution < 1.29 is 4.79 Å². The summed E-state index contributed by atoms with van der Waals surface area (Å²) in [6.45, 7) is 1.93. The summed E-state index contributed by atoms with van der Waals surface area (Å²) in [5.41, 5.74) is 7.91. The maximum Gasteiger partial charge on any atom is 0.271 e. The molecule has 0 spiro atoms. The number of hydrazone groups is 1. The highest BCUT2D eigenvalue weighted by Crippen LogP contribution is 2.32. The van der Waals surface area contributed by atoms with Crippen molar-refractivity contribution in [1.29, 1.82) is 0 Å². The van der Waals surface area contributed by atoms with Crippen molar-refractivity contribution in [3.63, 3.8) is 0 Å². The molecular weight excluding hydrogens is 376 g/mol. The number of carbonyl (C=O) groups is 1. The van der Waals surface area contributed by atoms with Crippen molar-refractivity contribution in [2.75, 3.05) is 0 Å². The molecule has 0 saturated heterocycles. The van der Waals surface area contributed by atoms with Gasteiger partial charge in [-0.15, -0.1) is 0 Å². The van der Waals surface area contributed by atoms with Gasteiger partial charge >= 0.3 is 0 Å². The van der Waals surface area contributed by atoms with Crippen LogP contribution in [0.1, 0.15) is 34.0 Å². The van der Waals surface area contributed by atoms with Gasteiger partial charge in [0.05, 0.1) is 5.71 Å². The number of hydrogen-bond acceptors (Lipinski definition) is 2. The molecule has 0 aromatic heterocycles. The van der Waals surface area contributed by atoms with E-state index < -0.39 is 0 Å². The first-order chi connectivity index (χ1) is 12.1. The third-order valence-electron chi connectivity index (χ3n) is 4.68. The van der Waals surface area contributed by atoms with Gasteiger partial charge in [-0.2, -0.15) is 5.10 Å². The molecule has 4 rings (SSSR count). The predicted octanol–water partition coefficient (Wildman–Crippen LogP) is 4.85. The van der Waals surface area contributed by atoms with Crippen LogP contribution in [0.4, 0.5) is 0 Å². The summed E-state index contributed by atoms with van der Waals surface area (Å²) in [5, 5.41) is 6.90. The van der Waals surface area contributed by atoms with Crippen LogP contribution in [0.25, 0.3) is 10.8 Å². The van der Waals surface area contributed by atoms with Crippen LogP contribution in [0.5, 0.6) is 0 Å². The van der Waals surface area contributed by atoms with Gasteiger partial charge in [0.1, 0.15) is 0 Å². The minimum absolute atomic E-state index is 0.216. The Morgan fingerprint density at radius 3 is 2.60 bits per heavy atom. The van der Waals surface area contributed by atoms with Crippen LogP contribution in [0.3, 0.4) is 0 Å². The van der Waals surface area contributed by atoms with E-state index in [-0.39, 0.29) is 5.91 Å². The van der Waals surface area contributed by atoms with Gasteiger partial charge in [0.15, 0.2) is 0 Å². The van der Waals surface area contributed by atoms with Crippen molar-refractivity contribution in [3.05, 3.63) is 81.3 Å². The van der Waals surface area contributed by atoms with E-state index in [0.717, 1.165) is 28.6 Å². The number of amides is 1. The second-order valence-electron chi connectivity index (χ2n) is 6.26. The number of rotatable bonds is 3. The molecule has 3 aromatic rings. The Hall–Kier alpha value is -2.46. The van der Waals surface area contributed by atoms with Crippen molar-refractivity contribution in [2.45, 2.75) is 19.8 Å². The quantitative estimate of drug-likeness (QED) is 0.502. The zero-order valence-electron chi connectivity index (χ0n) is 13.8. The molecular formula is C21H17BrN2O. The molecule has 4 heteroatoms. The molecule has 1 N–H and O–H groups in total. The van der Waals surface area contributed by atoms with Gasteiger partial charge in [0, 0.05) is 15.6 Å². The van der Waals surface area contributed by atoms with Gasteiger partial charge < -0.3 is 0 Å². The Morgan fingerprint density at radius 2 is 1.80 bits per heavy atom. The van der Waals surface area contributed by atoms with E-state index in [9.17, 15) is 4.79 Å². The molecule has 1 aliphatic carbocycles. The third-order valence-corrected chi connectivity index (χ3v) is 5.17. The Labute approximate surface area is 154 Å². The average molecular weight is 393 g/mol. The normalized spacial score (nSPS) is 13.3. The highest BCUT2D eigenvalue weighted by atomic mass is 79.9. The van der Waals surface area contributed by atoms with E-state index in [2.05, 4.69) is 56.8 Å². The lowest BCUT2D eigenvalue weighted by molar-refractivity contribution is 0.0955. The molecule has 0 bridgehead atoms. The number of nitrogens with zero attached hydrogens (tertiary/aromatic N) is 1. The number of aryl methyl sites for hydroxylation is 2. The fraction of sp³-hybridized carbons (Fsp3) is 0.143. The second kappa shape index (κ2) is 6.45. The minimum atomic E-state index is -0.216. The summed E-state index contributed by atoms with van der Waals surface area (Å²) >= 11 is 3.38. The fourth-order valence-corrected chi connectivity index (χ4v) is 3.85. The van der Waals surface area contributed by atoms with E-state index in [0.29, 0.717) is 5.56 Å². The Balaban J connectivity index is 1.65. The van der Waals surface area contributed by atoms with Crippen molar-refractivity contribution in [1.82, 2.24) is 5.43 Å². The average Bonchev–Trinajstić information content (AvgIpc) is 3.05. The Morgan fingerprint density at radius 1 is 1.04 bits per heavy atom. The maximum absolute atomic E-state index is 12.3. The molecule has 124 valence electrons. The van der Waals surface area contributed by atoms with Crippen molar-refractivity contribution in [2.24, 2.45) is 5.10 Å². The molecule has 1 amide bonds. The van der Waals surface area contributed by atoms with Crippen LogP contribution in [0.2, 0.25) is 0 Å². The Kier molecular flexibility index (Phi) is 4.14. The number of carbonyl (C=O) groups excluding carboxylic acids is 1. The molecule has 0 radical (unpaired) electrons. The summed E-state index contributed by atoms with van der Waals surface area (Å²) in [6.07, 6.45) is 2.21. The molecule has 0 saturated carbocycles. The highest BCUT2D eigenvalue weighted by molar-refractivity contribution is 9.10. The van der Waals surface area contributed by atoms with Crippen LogP contribution < -0.4 is 5.43 Å². The summed E-state index contributed by atoms with van der Waals surface area (Å²) in [7, 11) is 0. The second-order valence-corrected chi connectivity index (χ2v) is 7.18. The lowest BCUT2D eigenvalue weighted by Gasteiger charge is -2.09. The minimum Gasteiger partial charge on any atom is -0.267 e. The first kappa shape index (κ1) is 16.0. The summed E-state index contributed by atoms with van der Waals surface area (Å²) < 4.78 is 0.869. The van der Waals surface area contributed by atoms with Gasteiger partial charge in [-0.05, 0) is 59.9 Å². The van der Waals surface area contributed by atoms with E-state index in [4.69, 9.17) is 0 Å². The molecule has 0 aliphatic heterocycles. The van der Waals surface area contributed by atoms with Crippen LogP contribution in [-0.2, 0) is 12.8 Å². The highest BCUT2D eigenvalue weighted by Gasteiger charge is 2.16. The molecule has 1 aliphatic rings. The lowest BCUT2D eigenvalue weighted by atomic mass is 9.98. The zero-order chi connectivity index (χ0) is 17.4. The number of hydrogen-bond donors (Lipinski definition) is 1. The molecule has 0 fully saturated rings. The molecule has 0 heterocycles. The smallest absolute Gasteiger partial charge is 0.267 e. The van der Waals surface area contributed by atoms with Gasteiger partial charge in [-0.1, -0.05) is 52.3 Å². The van der Waals surface area contributed by atoms with Crippen LogP contribution >= 0.6 is 15.9 Å². The topological polar surface area (TPSA) is 41.5 Å². The molecule has 0 unspecified atom stereocenters. The van der Waals surface area contributed by atoms with Gasteiger partial charge in [-0.3, -0.25) is 4.79 Å². The van der Waals surface area contributed by atoms with Crippen molar-refractivity contribution >= 4 is 38.3 Å². The van der Waals surface area contributed by atoms with Crippen molar-refractivity contribution in [3.8, 4) is 0 Å². The SMILES string of the molecule is C/C(=N/NC(=O)c1cccc(Br)c1)c1ccc2c3c(cccc13)CC2. The zero-order valence-corrected chi connectivity index (χ0v) is 15.4. The maximum atomic E-state index is 12.3. The number of nitrogens with one attached hydrogen (secondary N) is 1. The first-order valence-corrected chi connectivity index (χ1v) is 9.07. The molecule has 3 nitrogen and oxygen atoms in total. The predicted molar refractivity (Wildman–Crippen MR) is 105 cm³/mol. The number of halogens is 1. The van der Waals surface area contributed by atoms with Gasteiger partial charge in [0.2, 0.25) is 0 Å². The van der Waals surface area contributed by atoms with Crippen LogP contribution in [0.15, 0.2) is 64.2 Å². The van der Waals surface area contributed by atoms with Gasteiger partial charge in [-0.25, -0.2) is 5.43 Å². The van der Waals surface area contributed by atoms with E-state index in [1.807, 2.05) is 19.1 Å². The van der Waals surface area contributed by atoms with Gasteiger partial charge in [0.25, 0.3) is 5.91 Å². The molecule has 3 aromatic carbocycles. The monoisotopic (exact) mass is 392 g/mol. The molecule has 0 atom stereocenters. The van der Waals surface area contributed by atoms with Crippen LogP contribution in [0, 0.1) is 0 Å². The summed E-state index contributed by atoms with van der Waals surface area (Å²) in [5.74, 6) is -0.216. The Bertz CT molecular complexity index is 1010. The van der Waals surface area contributed by atoms with E-state index >= 15 is 0 Å². The van der Waals surface area contributed by atoms with E-state index in [1.165, 1.54) is 21.9 Å². The fourth-order valence-electron chi connectivity index (χ4n) is 3.45.